The molecule has 4 aliphatic rings. The van der Waals surface area contributed by atoms with Crippen LogP contribution in [0.25, 0.3) is 0 Å². The summed E-state index contributed by atoms with van der Waals surface area (Å²) < 4.78 is 5.54. The van der Waals surface area contributed by atoms with Gasteiger partial charge in [-0.1, -0.05) is 0 Å². The number of aliphatic hydroxyl groups excluding tert-OH is 1. The standard InChI is InChI=1S/C16H31N5O2.HI/c1-17-15(19-12-16(2-8-22)3-9-23-13-16)18-10-14-11-20-4-6-21(14)7-5-20;/h14,22H,2-13H2,1H3,(H2,17,18,19);1H. The molecule has 0 saturated carbocycles. The smallest absolute Gasteiger partial charge is 0.191 e. The molecule has 0 aliphatic carbocycles. The number of rotatable bonds is 6. The van der Waals surface area contributed by atoms with Gasteiger partial charge in [0.25, 0.3) is 0 Å². The van der Waals surface area contributed by atoms with Crippen LogP contribution >= 0.6 is 24.0 Å². The highest BCUT2D eigenvalue weighted by atomic mass is 127. The number of nitrogens with one attached hydrogen (secondary N) is 2. The lowest BCUT2D eigenvalue weighted by Gasteiger charge is -2.47. The molecule has 8 heteroatoms. The topological polar surface area (TPSA) is 72.4 Å². The quantitative estimate of drug-likeness (QED) is 0.288. The molecule has 0 radical (unpaired) electrons. The average molecular weight is 453 g/mol. The van der Waals surface area contributed by atoms with Gasteiger partial charge in [-0.15, -0.1) is 24.0 Å². The molecule has 0 aromatic carbocycles. The molecule has 4 fully saturated rings. The molecular formula is C16H32IN5O2. The normalized spacial score (nSPS) is 35.6. The summed E-state index contributed by atoms with van der Waals surface area (Å²) in [6.07, 6.45) is 1.78. The summed E-state index contributed by atoms with van der Waals surface area (Å²) in [7, 11) is 1.82. The highest BCUT2D eigenvalue weighted by Crippen LogP contribution is 2.31. The zero-order chi connectivity index (χ0) is 16.1. The maximum absolute atomic E-state index is 9.31. The van der Waals surface area contributed by atoms with Gasteiger partial charge in [-0.25, -0.2) is 0 Å². The summed E-state index contributed by atoms with van der Waals surface area (Å²) in [5, 5.41) is 16.2. The Morgan fingerprint density at radius 3 is 2.62 bits per heavy atom. The largest absolute Gasteiger partial charge is 0.396 e. The van der Waals surface area contributed by atoms with Gasteiger partial charge in [0.05, 0.1) is 6.61 Å². The summed E-state index contributed by atoms with van der Waals surface area (Å²) in [4.78, 5) is 9.48. The first-order valence-electron chi connectivity index (χ1n) is 8.84. The van der Waals surface area contributed by atoms with Gasteiger partial charge in [0.2, 0.25) is 0 Å². The van der Waals surface area contributed by atoms with Gasteiger partial charge >= 0.3 is 0 Å². The van der Waals surface area contributed by atoms with Crippen molar-refractivity contribution in [2.24, 2.45) is 10.4 Å². The Hall–Kier alpha value is -0.160. The van der Waals surface area contributed by atoms with E-state index in [9.17, 15) is 5.11 Å². The molecule has 4 heterocycles. The number of ether oxygens (including phenoxy) is 1. The van der Waals surface area contributed by atoms with Crippen molar-refractivity contribution in [2.45, 2.75) is 18.9 Å². The second kappa shape index (κ2) is 9.51. The van der Waals surface area contributed by atoms with E-state index >= 15 is 0 Å². The first-order valence-corrected chi connectivity index (χ1v) is 8.84. The first kappa shape index (κ1) is 20.2. The number of aliphatic imine (C=N–C) groups is 1. The average Bonchev–Trinajstić information content (AvgIpc) is 3.05. The van der Waals surface area contributed by atoms with Crippen LogP contribution in [0, 0.1) is 5.41 Å². The molecular weight excluding hydrogens is 421 g/mol. The molecule has 2 unspecified atom stereocenters. The highest BCUT2D eigenvalue weighted by Gasteiger charge is 2.35. The van der Waals surface area contributed by atoms with E-state index in [0.717, 1.165) is 51.6 Å². The number of hydrogen-bond acceptors (Lipinski definition) is 5. The van der Waals surface area contributed by atoms with E-state index < -0.39 is 0 Å². The van der Waals surface area contributed by atoms with E-state index in [1.807, 2.05) is 7.05 Å². The van der Waals surface area contributed by atoms with Gasteiger partial charge in [-0.2, -0.15) is 0 Å². The molecule has 24 heavy (non-hydrogen) atoms. The van der Waals surface area contributed by atoms with Crippen molar-refractivity contribution in [2.75, 3.05) is 72.7 Å². The van der Waals surface area contributed by atoms with Crippen LogP contribution in [0.3, 0.4) is 0 Å². The lowest BCUT2D eigenvalue weighted by atomic mass is 9.84. The lowest BCUT2D eigenvalue weighted by Crippen LogP contribution is -2.64. The van der Waals surface area contributed by atoms with E-state index in [2.05, 4.69) is 25.4 Å². The fourth-order valence-electron chi connectivity index (χ4n) is 3.94. The van der Waals surface area contributed by atoms with E-state index in [-0.39, 0.29) is 36.0 Å². The zero-order valence-electron chi connectivity index (χ0n) is 14.7. The molecule has 2 bridgehead atoms. The Kier molecular flexibility index (Phi) is 7.99. The van der Waals surface area contributed by atoms with Crippen molar-refractivity contribution in [1.29, 1.82) is 0 Å². The summed E-state index contributed by atoms with van der Waals surface area (Å²) in [5.74, 6) is 0.854. The number of halogens is 1. The second-order valence-corrected chi connectivity index (χ2v) is 7.07. The number of hydrogen-bond donors (Lipinski definition) is 3. The molecule has 4 aliphatic heterocycles. The van der Waals surface area contributed by atoms with Crippen molar-refractivity contribution in [3.8, 4) is 0 Å². The van der Waals surface area contributed by atoms with E-state index in [1.165, 1.54) is 26.2 Å². The van der Waals surface area contributed by atoms with Crippen molar-refractivity contribution in [3.63, 3.8) is 0 Å². The van der Waals surface area contributed by atoms with Crippen LogP contribution in [0.4, 0.5) is 0 Å². The number of nitrogens with zero attached hydrogens (tertiary/aromatic N) is 3. The zero-order valence-corrected chi connectivity index (χ0v) is 17.0. The van der Waals surface area contributed by atoms with Crippen molar-refractivity contribution >= 4 is 29.9 Å². The van der Waals surface area contributed by atoms with Crippen LogP contribution in [0.2, 0.25) is 0 Å². The van der Waals surface area contributed by atoms with Gasteiger partial charge in [0.1, 0.15) is 0 Å². The summed E-state index contributed by atoms with van der Waals surface area (Å²) in [6, 6.07) is 0.581. The van der Waals surface area contributed by atoms with E-state index in [1.54, 1.807) is 0 Å². The third kappa shape index (κ3) is 4.94. The minimum Gasteiger partial charge on any atom is -0.396 e. The first-order chi connectivity index (χ1) is 11.2. The number of aliphatic hydroxyl groups is 1. The van der Waals surface area contributed by atoms with Crippen LogP contribution in [0.5, 0.6) is 0 Å². The number of piperazine rings is 3. The maximum Gasteiger partial charge on any atom is 0.191 e. The molecule has 140 valence electrons. The summed E-state index contributed by atoms with van der Waals surface area (Å²) in [6.45, 7) is 9.43. The third-order valence-electron chi connectivity index (χ3n) is 5.58. The lowest BCUT2D eigenvalue weighted by molar-refractivity contribution is 0.0154. The molecule has 0 spiro atoms. The monoisotopic (exact) mass is 453 g/mol. The summed E-state index contributed by atoms with van der Waals surface area (Å²) >= 11 is 0. The third-order valence-corrected chi connectivity index (χ3v) is 5.58. The number of fused-ring (bicyclic) bond motifs is 3. The maximum atomic E-state index is 9.31. The Morgan fingerprint density at radius 1 is 1.29 bits per heavy atom. The van der Waals surface area contributed by atoms with Crippen molar-refractivity contribution < 1.29 is 9.84 Å². The van der Waals surface area contributed by atoms with Crippen LogP contribution in [-0.4, -0.2) is 99.6 Å². The minimum atomic E-state index is 0. The fourth-order valence-corrected chi connectivity index (χ4v) is 3.94. The fraction of sp³-hybridized carbons (Fsp3) is 0.938. The van der Waals surface area contributed by atoms with E-state index in [0.29, 0.717) is 6.04 Å². The molecule has 0 aromatic rings. The molecule has 0 aromatic heterocycles. The van der Waals surface area contributed by atoms with E-state index in [4.69, 9.17) is 4.74 Å². The van der Waals surface area contributed by atoms with Gasteiger partial charge in [-0.3, -0.25) is 14.8 Å². The summed E-state index contributed by atoms with van der Waals surface area (Å²) in [5.41, 5.74) is 0.0471. The molecule has 4 rings (SSSR count). The minimum absolute atomic E-state index is 0. The van der Waals surface area contributed by atoms with Crippen LogP contribution < -0.4 is 10.6 Å². The SMILES string of the molecule is CN=C(NCC1CN2CCN1CC2)NCC1(CCO)CCOC1.I. The Labute approximate surface area is 162 Å². The molecule has 4 saturated heterocycles. The predicted octanol–water partition coefficient (Wildman–Crippen LogP) is -0.442. The molecule has 7 nitrogen and oxygen atoms in total. The van der Waals surface area contributed by atoms with Gasteiger partial charge in [-0.05, 0) is 12.8 Å². The Morgan fingerprint density at radius 2 is 2.08 bits per heavy atom. The molecule has 0 amide bonds. The van der Waals surface area contributed by atoms with Gasteiger partial charge < -0.3 is 20.5 Å². The predicted molar refractivity (Wildman–Crippen MR) is 106 cm³/mol. The van der Waals surface area contributed by atoms with Gasteiger partial charge in [0.15, 0.2) is 5.96 Å². The highest BCUT2D eigenvalue weighted by molar-refractivity contribution is 14.0. The van der Waals surface area contributed by atoms with Crippen LogP contribution in [0.1, 0.15) is 12.8 Å². The second-order valence-electron chi connectivity index (χ2n) is 7.07. The molecule has 3 N–H and O–H groups in total. The Balaban J connectivity index is 0.00000208. The van der Waals surface area contributed by atoms with Gasteiger partial charge in [0, 0.05) is 77.5 Å². The van der Waals surface area contributed by atoms with Crippen LogP contribution in [0.15, 0.2) is 4.99 Å². The molecule has 2 atom stereocenters. The van der Waals surface area contributed by atoms with Crippen molar-refractivity contribution in [3.05, 3.63) is 0 Å². The Bertz CT molecular complexity index is 409. The number of guanidine groups is 1. The van der Waals surface area contributed by atoms with Crippen LogP contribution in [-0.2, 0) is 4.74 Å². The van der Waals surface area contributed by atoms with Crippen molar-refractivity contribution in [1.82, 2.24) is 20.4 Å².